The number of hydrogen-bond donors (Lipinski definition) is 4. The molecule has 3 aliphatic heterocycles. The number of aryl methyl sites for hydroxylation is 6. The van der Waals surface area contributed by atoms with Crippen LogP contribution in [0.2, 0.25) is 0 Å². The SMILES string of the molecule is CC(=O)N1CCN(c2ccc(N)c(C)c2)CC1.CC(=O)N1CCN(c2ccc(Nc3cc(-c4ccc(C)cc4)[nH]n3)c(C)c2)CC1.CS/C(=C\C(=O)c1ccc(C)cc1)Nc1ccc(N2CCN(C(C)=O)CC2)cc1C.CSC(=CC(=O)c1ccc(C)cc1)SC. The molecule has 0 radical (unpaired) electrons. The van der Waals surface area contributed by atoms with Crippen LogP contribution in [-0.2, 0) is 14.4 Å². The molecule has 0 spiro atoms. The number of carbonyl (C=O) groups is 5. The summed E-state index contributed by atoms with van der Waals surface area (Å²) in [4.78, 5) is 71.2. The van der Waals surface area contributed by atoms with E-state index in [4.69, 9.17) is 5.73 Å². The number of aromatic nitrogens is 2. The summed E-state index contributed by atoms with van der Waals surface area (Å²) in [6, 6.07) is 44.5. The highest BCUT2D eigenvalue weighted by Crippen LogP contribution is 2.30. The summed E-state index contributed by atoms with van der Waals surface area (Å²) in [6.07, 6.45) is 9.26. The number of ketones is 2. The van der Waals surface area contributed by atoms with Crippen LogP contribution in [0.4, 0.5) is 39.9 Å². The number of nitrogens with two attached hydrogens (primary N) is 1. The minimum Gasteiger partial charge on any atom is -0.399 e. The molecule has 91 heavy (non-hydrogen) atoms. The molecule has 19 heteroatoms. The van der Waals surface area contributed by atoms with Crippen LogP contribution in [0.25, 0.3) is 11.3 Å². The number of piperazine rings is 3. The molecule has 0 bridgehead atoms. The highest BCUT2D eigenvalue weighted by molar-refractivity contribution is 8.21. The number of nitrogens with zero attached hydrogens (tertiary/aromatic N) is 7. The highest BCUT2D eigenvalue weighted by Gasteiger charge is 2.22. The van der Waals surface area contributed by atoms with Crippen LogP contribution in [0.1, 0.15) is 74.9 Å². The van der Waals surface area contributed by atoms with Crippen molar-refractivity contribution in [2.45, 2.75) is 62.3 Å². The first-order valence-corrected chi connectivity index (χ1v) is 34.3. The van der Waals surface area contributed by atoms with Gasteiger partial charge in [-0.3, -0.25) is 29.1 Å². The summed E-state index contributed by atoms with van der Waals surface area (Å²) in [5.41, 5.74) is 22.7. The van der Waals surface area contributed by atoms with Crippen molar-refractivity contribution in [3.63, 3.8) is 0 Å². The van der Waals surface area contributed by atoms with Crippen molar-refractivity contribution in [3.05, 3.63) is 199 Å². The summed E-state index contributed by atoms with van der Waals surface area (Å²) >= 11 is 4.71. The summed E-state index contributed by atoms with van der Waals surface area (Å²) in [5, 5.41) is 15.1. The molecule has 16 nitrogen and oxygen atoms in total. The molecule has 3 amide bonds. The standard InChI is InChI=1S/C24H29N3O2S.C23H27N5O.C13H19N3O.C12H14OS2/c1-17-5-7-20(8-6-17)23(29)16-24(30-4)25-22-10-9-21(15-18(22)2)27-13-11-26(12-14-27)19(3)28;1-16-4-6-19(7-5-16)22-15-23(26-25-22)24-21-9-8-20(14-17(21)2)28-12-10-27(11-13-28)18(3)29;1-10-9-12(3-4-13(10)14)16-7-5-15(6-8-16)11(2)17;1-9-4-6-10(7-5-9)11(13)8-12(14-2)15-3/h5-10,15-16,25H,11-14H2,1-4H3;4-9,14-15H,10-13H2,1-3H3,(H2,24,25,26);3-4,9H,5-8,14H2,1-2H3;4-8H,1-3H3/b24-16-;;;. The Bertz CT molecular complexity index is 3650. The molecule has 0 unspecified atom stereocenters. The van der Waals surface area contributed by atoms with E-state index in [-0.39, 0.29) is 29.3 Å². The van der Waals surface area contributed by atoms with Crippen molar-refractivity contribution in [1.29, 1.82) is 0 Å². The van der Waals surface area contributed by atoms with Crippen molar-refractivity contribution in [2.24, 2.45) is 0 Å². The van der Waals surface area contributed by atoms with Gasteiger partial charge in [-0.2, -0.15) is 5.10 Å². The first-order chi connectivity index (χ1) is 43.6. The zero-order valence-corrected chi connectivity index (χ0v) is 57.3. The first-order valence-electron chi connectivity index (χ1n) is 30.6. The van der Waals surface area contributed by atoms with Crippen LogP contribution in [0.5, 0.6) is 0 Å². The van der Waals surface area contributed by atoms with Gasteiger partial charge in [0.05, 0.1) is 10.7 Å². The Kier molecular flexibility index (Phi) is 26.3. The molecule has 3 saturated heterocycles. The van der Waals surface area contributed by atoms with Gasteiger partial charge in [-0.25, -0.2) is 0 Å². The van der Waals surface area contributed by atoms with Crippen LogP contribution in [0.15, 0.2) is 155 Å². The number of benzene rings is 6. The molecule has 10 rings (SSSR count). The smallest absolute Gasteiger partial charge is 0.219 e. The van der Waals surface area contributed by atoms with Crippen molar-refractivity contribution >= 4 is 105 Å². The van der Waals surface area contributed by atoms with Gasteiger partial charge in [0, 0.05) is 167 Å². The lowest BCUT2D eigenvalue weighted by molar-refractivity contribution is -0.129. The number of H-pyrrole nitrogens is 1. The van der Waals surface area contributed by atoms with E-state index in [0.717, 1.165) is 155 Å². The molecule has 0 aliphatic carbocycles. The molecule has 4 heterocycles. The number of carbonyl (C=O) groups excluding carboxylic acids is 5. The third-order valence-corrected chi connectivity index (χ3v) is 18.9. The van der Waals surface area contributed by atoms with E-state index in [9.17, 15) is 24.0 Å². The Morgan fingerprint density at radius 1 is 0.462 bits per heavy atom. The second-order valence-corrected chi connectivity index (χ2v) is 25.6. The number of amides is 3. The maximum atomic E-state index is 12.6. The summed E-state index contributed by atoms with van der Waals surface area (Å²) in [6.45, 7) is 27.1. The lowest BCUT2D eigenvalue weighted by atomic mass is 10.1. The third kappa shape index (κ3) is 20.8. The number of nitrogen functional groups attached to an aromatic ring is 1. The van der Waals surface area contributed by atoms with Gasteiger partial charge in [0.25, 0.3) is 0 Å². The lowest BCUT2D eigenvalue weighted by Gasteiger charge is -2.36. The van der Waals surface area contributed by atoms with E-state index in [1.807, 2.05) is 121 Å². The Morgan fingerprint density at radius 3 is 1.23 bits per heavy atom. The number of aromatic amines is 1. The summed E-state index contributed by atoms with van der Waals surface area (Å²) in [5.74, 6) is 1.33. The van der Waals surface area contributed by atoms with Gasteiger partial charge in [0.15, 0.2) is 17.4 Å². The Balaban J connectivity index is 0.000000180. The van der Waals surface area contributed by atoms with E-state index in [0.29, 0.717) is 5.56 Å². The van der Waals surface area contributed by atoms with Crippen LogP contribution in [-0.4, -0.2) is 151 Å². The Morgan fingerprint density at radius 2 is 0.846 bits per heavy atom. The molecule has 1 aromatic heterocycles. The topological polar surface area (TPSA) is 184 Å². The van der Waals surface area contributed by atoms with Gasteiger partial charge in [-0.15, -0.1) is 35.3 Å². The van der Waals surface area contributed by atoms with Crippen LogP contribution in [0.3, 0.4) is 0 Å². The zero-order chi connectivity index (χ0) is 65.7. The quantitative estimate of drug-likeness (QED) is 0.0432. The predicted molar refractivity (Wildman–Crippen MR) is 385 cm³/mol. The summed E-state index contributed by atoms with van der Waals surface area (Å²) < 4.78 is 1.04. The average molecular weight is 1280 g/mol. The summed E-state index contributed by atoms with van der Waals surface area (Å²) in [7, 11) is 0. The fraction of sp³-hybridized carbons (Fsp3) is 0.333. The first kappa shape index (κ1) is 70.1. The van der Waals surface area contributed by atoms with Crippen molar-refractivity contribution in [3.8, 4) is 11.3 Å². The van der Waals surface area contributed by atoms with Crippen LogP contribution in [0, 0.1) is 41.5 Å². The molecular weight excluding hydrogens is 1200 g/mol. The van der Waals surface area contributed by atoms with Crippen molar-refractivity contribution in [1.82, 2.24) is 24.9 Å². The van der Waals surface area contributed by atoms with E-state index in [1.54, 1.807) is 56.4 Å². The highest BCUT2D eigenvalue weighted by atomic mass is 32.2. The van der Waals surface area contributed by atoms with Gasteiger partial charge in [0.1, 0.15) is 0 Å². The molecular formula is C72H89N11O5S3. The number of allylic oxidation sites excluding steroid dienone is 2. The normalized spacial score (nSPS) is 14.0. The van der Waals surface area contributed by atoms with Gasteiger partial charge in [-0.1, -0.05) is 89.5 Å². The number of anilines is 7. The molecule has 6 aromatic carbocycles. The Labute approximate surface area is 551 Å². The molecule has 5 N–H and O–H groups in total. The second-order valence-electron chi connectivity index (χ2n) is 22.8. The van der Waals surface area contributed by atoms with E-state index >= 15 is 0 Å². The van der Waals surface area contributed by atoms with Gasteiger partial charge in [-0.05, 0) is 137 Å². The molecule has 3 fully saturated rings. The lowest BCUT2D eigenvalue weighted by Crippen LogP contribution is -2.48. The van der Waals surface area contributed by atoms with Crippen LogP contribution < -0.4 is 31.1 Å². The van der Waals surface area contributed by atoms with E-state index in [1.165, 1.54) is 34.3 Å². The minimum atomic E-state index is -0.00975. The van der Waals surface area contributed by atoms with Gasteiger partial charge < -0.3 is 45.8 Å². The maximum absolute atomic E-state index is 12.6. The predicted octanol–water partition coefficient (Wildman–Crippen LogP) is 13.6. The monoisotopic (exact) mass is 1280 g/mol. The largest absolute Gasteiger partial charge is 0.399 e. The minimum absolute atomic E-state index is 0.00975. The number of rotatable bonds is 15. The molecule has 3 aliphatic rings. The maximum Gasteiger partial charge on any atom is 0.219 e. The fourth-order valence-corrected chi connectivity index (χ4v) is 11.9. The molecule has 480 valence electrons. The van der Waals surface area contributed by atoms with Gasteiger partial charge in [0.2, 0.25) is 17.7 Å². The van der Waals surface area contributed by atoms with Crippen molar-refractivity contribution < 1.29 is 24.0 Å². The number of thioether (sulfide) groups is 3. The number of nitrogens with one attached hydrogen (secondary N) is 3. The van der Waals surface area contributed by atoms with Gasteiger partial charge >= 0.3 is 0 Å². The molecule has 0 saturated carbocycles. The van der Waals surface area contributed by atoms with Crippen LogP contribution >= 0.6 is 35.3 Å². The Hall–Kier alpha value is -8.39. The average Bonchev–Trinajstić information content (AvgIpc) is 2.86. The third-order valence-electron chi connectivity index (χ3n) is 16.2. The molecule has 0 atom stereocenters. The van der Waals surface area contributed by atoms with Crippen molar-refractivity contribution in [2.75, 3.05) is 128 Å². The van der Waals surface area contributed by atoms with E-state index < -0.39 is 0 Å². The second kappa shape index (κ2) is 34.2. The zero-order valence-electron chi connectivity index (χ0n) is 54.8. The van der Waals surface area contributed by atoms with E-state index in [2.05, 4.69) is 123 Å². The fourth-order valence-electron chi connectivity index (χ4n) is 10.4. The number of hydrogen-bond acceptors (Lipinski definition) is 15. The molecule has 7 aromatic rings.